The first-order chi connectivity index (χ1) is 25.5. The molecule has 4 nitrogen and oxygen atoms in total. The molecule has 0 saturated carbocycles. The molecule has 0 aromatic rings. The van der Waals surface area contributed by atoms with Crippen LogP contribution in [0.4, 0.5) is 0 Å². The molecule has 5 heteroatoms. The van der Waals surface area contributed by atoms with E-state index in [0.717, 1.165) is 44.6 Å². The smallest absolute Gasteiger partial charge is 0.461 e. The van der Waals surface area contributed by atoms with Gasteiger partial charge in [-0.1, -0.05) is 245 Å². The monoisotopic (exact) mass is 751 g/mol. The minimum Gasteiger partial charge on any atom is -0.485 e. The molecule has 0 spiro atoms. The molecule has 310 valence electrons. The Morgan fingerprint density at radius 1 is 0.308 bits per heavy atom. The summed E-state index contributed by atoms with van der Waals surface area (Å²) in [6.07, 6.45) is 50.2. The van der Waals surface area contributed by atoms with Crippen LogP contribution in [0.3, 0.4) is 0 Å². The largest absolute Gasteiger partial charge is 0.485 e. The Bertz CT molecular complexity index is 693. The lowest BCUT2D eigenvalue weighted by Crippen LogP contribution is -2.42. The van der Waals surface area contributed by atoms with E-state index in [0.29, 0.717) is 12.8 Å². The average Bonchev–Trinajstić information content (AvgIpc) is 3.12. The van der Waals surface area contributed by atoms with E-state index in [1.165, 1.54) is 205 Å². The molecular formula is C47H94O4Si. The highest BCUT2D eigenvalue weighted by molar-refractivity contribution is 6.69. The summed E-state index contributed by atoms with van der Waals surface area (Å²) in [7, 11) is -2.87. The predicted octanol–water partition coefficient (Wildman–Crippen LogP) is 16.8. The Balaban J connectivity index is 4.20. The van der Waals surface area contributed by atoms with Crippen LogP contribution < -0.4 is 0 Å². The zero-order valence-corrected chi connectivity index (χ0v) is 37.1. The van der Waals surface area contributed by atoms with Gasteiger partial charge in [0.2, 0.25) is 0 Å². The van der Waals surface area contributed by atoms with Gasteiger partial charge in [0.1, 0.15) is 0 Å². The molecule has 0 atom stereocenters. The van der Waals surface area contributed by atoms with Crippen LogP contribution in [-0.2, 0) is 18.4 Å². The number of carbonyl (C=O) groups excluding carboxylic acids is 2. The fourth-order valence-electron chi connectivity index (χ4n) is 7.57. The fourth-order valence-corrected chi connectivity index (χ4v) is 9.87. The second-order valence-corrected chi connectivity index (χ2v) is 19.9. The van der Waals surface area contributed by atoms with E-state index in [9.17, 15) is 9.59 Å². The van der Waals surface area contributed by atoms with Crippen molar-refractivity contribution < 1.29 is 18.4 Å². The molecule has 0 rings (SSSR count). The number of hydrogen-bond donors (Lipinski definition) is 0. The summed E-state index contributed by atoms with van der Waals surface area (Å²) < 4.78 is 12.1. The van der Waals surface area contributed by atoms with Crippen molar-refractivity contribution in [3.63, 3.8) is 0 Å². The van der Waals surface area contributed by atoms with Crippen LogP contribution in [0.25, 0.3) is 0 Å². The average molecular weight is 751 g/mol. The number of carbonyl (C=O) groups is 2. The van der Waals surface area contributed by atoms with Crippen LogP contribution in [0.2, 0.25) is 12.6 Å². The van der Waals surface area contributed by atoms with Gasteiger partial charge >= 0.3 is 8.56 Å². The van der Waals surface area contributed by atoms with Crippen LogP contribution in [0.1, 0.15) is 278 Å². The molecule has 0 aliphatic heterocycles. The van der Waals surface area contributed by atoms with Gasteiger partial charge in [0.15, 0.2) is 0 Å². The van der Waals surface area contributed by atoms with Gasteiger partial charge in [0, 0.05) is 25.4 Å². The van der Waals surface area contributed by atoms with Gasteiger partial charge in [-0.3, -0.25) is 9.59 Å². The highest BCUT2D eigenvalue weighted by atomic mass is 28.4. The van der Waals surface area contributed by atoms with Gasteiger partial charge in [0.05, 0.1) is 0 Å². The third kappa shape index (κ3) is 38.9. The molecule has 0 aromatic carbocycles. The quantitative estimate of drug-likeness (QED) is 0.0460. The Labute approximate surface area is 328 Å². The Hall–Kier alpha value is -0.843. The van der Waals surface area contributed by atoms with Gasteiger partial charge in [-0.05, 0) is 19.3 Å². The lowest BCUT2D eigenvalue weighted by atomic mass is 10.0. The van der Waals surface area contributed by atoms with Crippen molar-refractivity contribution in [2.24, 2.45) is 0 Å². The Kier molecular flexibility index (Phi) is 40.7. The molecule has 0 amide bonds. The van der Waals surface area contributed by atoms with Crippen molar-refractivity contribution in [2.45, 2.75) is 290 Å². The summed E-state index contributed by atoms with van der Waals surface area (Å²) in [5.41, 5.74) is 0. The molecule has 52 heavy (non-hydrogen) atoms. The van der Waals surface area contributed by atoms with E-state index in [1.807, 2.05) is 6.55 Å². The van der Waals surface area contributed by atoms with E-state index >= 15 is 0 Å². The molecule has 0 aliphatic rings. The molecule has 0 N–H and O–H groups in total. The van der Waals surface area contributed by atoms with Crippen LogP contribution in [-0.4, -0.2) is 20.5 Å². The molecule has 0 fully saturated rings. The van der Waals surface area contributed by atoms with Gasteiger partial charge in [-0.25, -0.2) is 0 Å². The summed E-state index contributed by atoms with van der Waals surface area (Å²) in [4.78, 5) is 25.9. The first kappa shape index (κ1) is 51.2. The third-order valence-corrected chi connectivity index (χ3v) is 13.7. The molecule has 0 heterocycles. The normalized spacial score (nSPS) is 11.7. The lowest BCUT2D eigenvalue weighted by molar-refractivity contribution is -0.141. The van der Waals surface area contributed by atoms with Gasteiger partial charge in [-0.15, -0.1) is 0 Å². The van der Waals surface area contributed by atoms with E-state index in [1.54, 1.807) is 0 Å². The van der Waals surface area contributed by atoms with Gasteiger partial charge in [0.25, 0.3) is 11.9 Å². The number of rotatable bonds is 43. The molecule has 0 bridgehead atoms. The third-order valence-electron chi connectivity index (χ3n) is 11.1. The van der Waals surface area contributed by atoms with E-state index in [2.05, 4.69) is 20.8 Å². The SMILES string of the molecule is CCCCCCCCCCCCCCCCCC(=O)O[Si](C)(CCCCCCCCCC)OC(=O)CCCCCCCCCCCCCCCCC. The van der Waals surface area contributed by atoms with Crippen molar-refractivity contribution in [3.8, 4) is 0 Å². The van der Waals surface area contributed by atoms with Crippen LogP contribution >= 0.6 is 0 Å². The highest BCUT2D eigenvalue weighted by Gasteiger charge is 2.38. The fraction of sp³-hybridized carbons (Fsp3) is 0.957. The molecular weight excluding hydrogens is 657 g/mol. The van der Waals surface area contributed by atoms with Gasteiger partial charge < -0.3 is 8.85 Å². The maximum atomic E-state index is 12.9. The Morgan fingerprint density at radius 2 is 0.500 bits per heavy atom. The summed E-state index contributed by atoms with van der Waals surface area (Å²) in [5.74, 6) is -0.300. The zero-order chi connectivity index (χ0) is 38.1. The first-order valence-corrected chi connectivity index (χ1v) is 26.4. The minimum absolute atomic E-state index is 0.150. The number of unbranched alkanes of at least 4 members (excludes halogenated alkanes) is 35. The Morgan fingerprint density at radius 3 is 0.731 bits per heavy atom. The van der Waals surface area contributed by atoms with E-state index in [4.69, 9.17) is 8.85 Å². The second kappa shape index (κ2) is 41.3. The van der Waals surface area contributed by atoms with Crippen molar-refractivity contribution in [3.05, 3.63) is 0 Å². The van der Waals surface area contributed by atoms with Crippen LogP contribution in [0.15, 0.2) is 0 Å². The standard InChI is InChI=1S/C47H94O4Si/c1-5-8-11-14-17-20-22-24-26-28-30-32-34-37-40-43-46(48)50-52(4,45-42-39-36-19-16-13-10-7-3)51-47(49)44-41-38-35-33-31-29-27-25-23-21-18-15-12-9-6-2/h5-45H2,1-4H3. The number of hydrogen-bond acceptors (Lipinski definition) is 4. The summed E-state index contributed by atoms with van der Waals surface area (Å²) in [6.45, 7) is 8.79. The maximum absolute atomic E-state index is 12.9. The first-order valence-electron chi connectivity index (χ1n) is 23.9. The van der Waals surface area contributed by atoms with Crippen molar-refractivity contribution in [1.29, 1.82) is 0 Å². The second-order valence-electron chi connectivity index (χ2n) is 16.7. The summed E-state index contributed by atoms with van der Waals surface area (Å²) >= 11 is 0. The zero-order valence-electron chi connectivity index (χ0n) is 36.1. The molecule has 0 aliphatic carbocycles. The van der Waals surface area contributed by atoms with Crippen LogP contribution in [0.5, 0.6) is 0 Å². The summed E-state index contributed by atoms with van der Waals surface area (Å²) in [5, 5.41) is 0. The van der Waals surface area contributed by atoms with E-state index in [-0.39, 0.29) is 11.9 Å². The van der Waals surface area contributed by atoms with Gasteiger partial charge in [-0.2, -0.15) is 0 Å². The van der Waals surface area contributed by atoms with Crippen molar-refractivity contribution in [1.82, 2.24) is 0 Å². The molecule has 0 saturated heterocycles. The highest BCUT2D eigenvalue weighted by Crippen LogP contribution is 2.23. The molecule has 0 unspecified atom stereocenters. The van der Waals surface area contributed by atoms with Crippen LogP contribution in [0, 0.1) is 0 Å². The van der Waals surface area contributed by atoms with Crippen molar-refractivity contribution >= 4 is 20.5 Å². The minimum atomic E-state index is -2.87. The lowest BCUT2D eigenvalue weighted by Gasteiger charge is -2.26. The maximum Gasteiger partial charge on any atom is 0.461 e. The molecule has 0 radical (unpaired) electrons. The predicted molar refractivity (Wildman–Crippen MR) is 230 cm³/mol. The van der Waals surface area contributed by atoms with E-state index < -0.39 is 8.56 Å². The topological polar surface area (TPSA) is 52.6 Å². The molecule has 0 aromatic heterocycles. The van der Waals surface area contributed by atoms with Crippen molar-refractivity contribution in [2.75, 3.05) is 0 Å². The summed E-state index contributed by atoms with van der Waals surface area (Å²) in [6, 6.07) is 0.733.